The zero-order valence-electron chi connectivity index (χ0n) is 16.4. The maximum atomic E-state index is 6.14. The van der Waals surface area contributed by atoms with Gasteiger partial charge in [0.2, 0.25) is 0 Å². The molecule has 0 atom stereocenters. The third-order valence-electron chi connectivity index (χ3n) is 4.96. The van der Waals surface area contributed by atoms with Crippen molar-refractivity contribution in [1.29, 1.82) is 0 Å². The minimum atomic E-state index is 0.447. The van der Waals surface area contributed by atoms with Crippen LogP contribution in [0.5, 0.6) is 11.5 Å². The van der Waals surface area contributed by atoms with Crippen LogP contribution in [0.4, 0.5) is 0 Å². The first kappa shape index (κ1) is 21.0. The molecule has 0 heterocycles. The molecule has 1 aliphatic carbocycles. The van der Waals surface area contributed by atoms with E-state index in [2.05, 4.69) is 5.32 Å². The van der Waals surface area contributed by atoms with Crippen molar-refractivity contribution in [2.24, 2.45) is 0 Å². The minimum Gasteiger partial charge on any atom is -0.491 e. The third kappa shape index (κ3) is 7.34. The summed E-state index contributed by atoms with van der Waals surface area (Å²) in [6.07, 6.45) is 6.72. The van der Waals surface area contributed by atoms with Gasteiger partial charge in [-0.3, -0.25) is 0 Å². The first-order valence-electron chi connectivity index (χ1n) is 10.2. The maximum Gasteiger partial charge on any atom is 0.120 e. The highest BCUT2D eigenvalue weighted by atomic mass is 35.5. The van der Waals surface area contributed by atoms with Crippen molar-refractivity contribution in [3.05, 3.63) is 59.1 Å². The number of ether oxygens (including phenoxy) is 3. The maximum absolute atomic E-state index is 6.14. The molecule has 2 aromatic rings. The van der Waals surface area contributed by atoms with Crippen molar-refractivity contribution in [3.63, 3.8) is 0 Å². The van der Waals surface area contributed by atoms with E-state index in [4.69, 9.17) is 25.8 Å². The van der Waals surface area contributed by atoms with Gasteiger partial charge in [-0.1, -0.05) is 49.1 Å². The molecule has 0 radical (unpaired) electrons. The fourth-order valence-electron chi connectivity index (χ4n) is 3.37. The summed E-state index contributed by atoms with van der Waals surface area (Å²) < 4.78 is 17.1. The van der Waals surface area contributed by atoms with Crippen LogP contribution < -0.4 is 14.8 Å². The van der Waals surface area contributed by atoms with E-state index >= 15 is 0 Å². The highest BCUT2D eigenvalue weighted by Gasteiger charge is 2.11. The molecular weight excluding hydrogens is 374 g/mol. The lowest BCUT2D eigenvalue weighted by molar-refractivity contribution is 0.0993. The minimum absolute atomic E-state index is 0.447. The van der Waals surface area contributed by atoms with Gasteiger partial charge in [-0.15, -0.1) is 0 Å². The molecular formula is C23H30ClNO3. The first-order valence-corrected chi connectivity index (χ1v) is 10.6. The predicted octanol–water partition coefficient (Wildman–Crippen LogP) is 5.24. The Morgan fingerprint density at radius 1 is 0.821 bits per heavy atom. The summed E-state index contributed by atoms with van der Waals surface area (Å²) in [5, 5.41) is 4.29. The van der Waals surface area contributed by atoms with E-state index < -0.39 is 0 Å². The molecule has 0 aromatic heterocycles. The van der Waals surface area contributed by atoms with Gasteiger partial charge < -0.3 is 19.5 Å². The van der Waals surface area contributed by atoms with Crippen LogP contribution in [0.3, 0.4) is 0 Å². The zero-order valence-corrected chi connectivity index (χ0v) is 17.1. The summed E-state index contributed by atoms with van der Waals surface area (Å²) in [4.78, 5) is 0. The summed E-state index contributed by atoms with van der Waals surface area (Å²) in [5.41, 5.74) is 0.972. The topological polar surface area (TPSA) is 39.7 Å². The number of benzene rings is 2. The molecule has 1 aliphatic rings. The van der Waals surface area contributed by atoms with Gasteiger partial charge >= 0.3 is 0 Å². The van der Waals surface area contributed by atoms with E-state index in [0.29, 0.717) is 25.9 Å². The summed E-state index contributed by atoms with van der Waals surface area (Å²) in [5.74, 6) is 1.60. The summed E-state index contributed by atoms with van der Waals surface area (Å²) in [7, 11) is 0. The lowest BCUT2D eigenvalue weighted by atomic mass is 9.96. The molecule has 1 fully saturated rings. The van der Waals surface area contributed by atoms with Crippen molar-refractivity contribution < 1.29 is 14.2 Å². The number of hydrogen-bond donors (Lipinski definition) is 1. The summed E-state index contributed by atoms with van der Waals surface area (Å²) in [6.45, 7) is 3.24. The molecule has 2 aromatic carbocycles. The smallest absolute Gasteiger partial charge is 0.120 e. The van der Waals surface area contributed by atoms with E-state index in [0.717, 1.165) is 35.2 Å². The van der Waals surface area contributed by atoms with Gasteiger partial charge in [-0.2, -0.15) is 0 Å². The Balaban J connectivity index is 1.25. The van der Waals surface area contributed by atoms with Gasteiger partial charge in [0.25, 0.3) is 0 Å². The highest BCUT2D eigenvalue weighted by Crippen LogP contribution is 2.21. The zero-order chi connectivity index (χ0) is 19.4. The van der Waals surface area contributed by atoms with Crippen LogP contribution >= 0.6 is 11.6 Å². The van der Waals surface area contributed by atoms with Gasteiger partial charge in [0, 0.05) is 23.2 Å². The Kier molecular flexibility index (Phi) is 8.95. The van der Waals surface area contributed by atoms with E-state index in [-0.39, 0.29) is 0 Å². The molecule has 1 saturated carbocycles. The molecule has 0 spiro atoms. The van der Waals surface area contributed by atoms with Crippen LogP contribution in [-0.4, -0.2) is 32.4 Å². The van der Waals surface area contributed by atoms with Crippen molar-refractivity contribution in [3.8, 4) is 11.5 Å². The van der Waals surface area contributed by atoms with Crippen molar-refractivity contribution >= 4 is 11.6 Å². The first-order chi connectivity index (χ1) is 13.8. The van der Waals surface area contributed by atoms with Crippen LogP contribution in [0.25, 0.3) is 0 Å². The predicted molar refractivity (Wildman–Crippen MR) is 113 cm³/mol. The number of halogens is 1. The standard InChI is InChI=1S/C23H30ClNO3/c24-23-9-5-4-6-19(23)18-28-22-12-10-21(11-13-22)27-17-16-26-15-14-25-20-7-2-1-3-8-20/h4-6,9-13,20,25H,1-3,7-8,14-18H2. The van der Waals surface area contributed by atoms with Crippen molar-refractivity contribution in [1.82, 2.24) is 5.32 Å². The van der Waals surface area contributed by atoms with Gasteiger partial charge in [-0.05, 0) is 43.2 Å². The van der Waals surface area contributed by atoms with Gasteiger partial charge in [0.05, 0.1) is 13.2 Å². The molecule has 0 saturated heterocycles. The quantitative estimate of drug-likeness (QED) is 0.521. The molecule has 28 heavy (non-hydrogen) atoms. The molecule has 1 N–H and O–H groups in total. The Morgan fingerprint density at radius 3 is 2.29 bits per heavy atom. The second-order valence-corrected chi connectivity index (χ2v) is 7.51. The number of rotatable bonds is 11. The van der Waals surface area contributed by atoms with Crippen LogP contribution in [-0.2, 0) is 11.3 Å². The highest BCUT2D eigenvalue weighted by molar-refractivity contribution is 6.31. The molecule has 0 amide bonds. The lowest BCUT2D eigenvalue weighted by Crippen LogP contribution is -2.33. The lowest BCUT2D eigenvalue weighted by Gasteiger charge is -2.22. The second-order valence-electron chi connectivity index (χ2n) is 7.10. The van der Waals surface area contributed by atoms with E-state index in [1.54, 1.807) is 0 Å². The average molecular weight is 404 g/mol. The van der Waals surface area contributed by atoms with Crippen LogP contribution in [0.15, 0.2) is 48.5 Å². The Morgan fingerprint density at radius 2 is 1.54 bits per heavy atom. The normalized spacial score (nSPS) is 14.8. The van der Waals surface area contributed by atoms with Gasteiger partial charge in [0.1, 0.15) is 24.7 Å². The molecule has 3 rings (SSSR count). The van der Waals surface area contributed by atoms with Crippen molar-refractivity contribution in [2.45, 2.75) is 44.8 Å². The van der Waals surface area contributed by atoms with Crippen LogP contribution in [0.2, 0.25) is 5.02 Å². The number of nitrogens with one attached hydrogen (secondary N) is 1. The molecule has 5 heteroatoms. The Bertz CT molecular complexity index is 687. The Labute approximate surface area is 173 Å². The molecule has 0 unspecified atom stereocenters. The van der Waals surface area contributed by atoms with Crippen LogP contribution in [0.1, 0.15) is 37.7 Å². The summed E-state index contributed by atoms with van der Waals surface area (Å²) >= 11 is 6.14. The average Bonchev–Trinajstić information content (AvgIpc) is 2.74. The summed E-state index contributed by atoms with van der Waals surface area (Å²) in [6, 6.07) is 16.0. The van der Waals surface area contributed by atoms with E-state index in [9.17, 15) is 0 Å². The monoisotopic (exact) mass is 403 g/mol. The van der Waals surface area contributed by atoms with E-state index in [1.165, 1.54) is 32.1 Å². The molecule has 4 nitrogen and oxygen atoms in total. The second kappa shape index (κ2) is 11.9. The van der Waals surface area contributed by atoms with Crippen molar-refractivity contribution in [2.75, 3.05) is 26.4 Å². The Hall–Kier alpha value is -1.75. The third-order valence-corrected chi connectivity index (χ3v) is 5.33. The van der Waals surface area contributed by atoms with Gasteiger partial charge in [-0.25, -0.2) is 0 Å². The molecule has 152 valence electrons. The SMILES string of the molecule is Clc1ccccc1COc1ccc(OCCOCCNC2CCCCC2)cc1. The molecule has 0 bridgehead atoms. The fraction of sp³-hybridized carbons (Fsp3) is 0.478. The molecule has 0 aliphatic heterocycles. The van der Waals surface area contributed by atoms with Gasteiger partial charge in [0.15, 0.2) is 0 Å². The fourth-order valence-corrected chi connectivity index (χ4v) is 3.56. The largest absolute Gasteiger partial charge is 0.491 e. The van der Waals surface area contributed by atoms with E-state index in [1.807, 2.05) is 48.5 Å². The number of hydrogen-bond acceptors (Lipinski definition) is 4. The van der Waals surface area contributed by atoms with Crippen LogP contribution in [0, 0.1) is 0 Å².